The second-order valence-electron chi connectivity index (χ2n) is 5.04. The van der Waals surface area contributed by atoms with Crippen LogP contribution in [-0.4, -0.2) is 38.5 Å². The van der Waals surface area contributed by atoms with Crippen LogP contribution in [0.2, 0.25) is 0 Å². The zero-order valence-electron chi connectivity index (χ0n) is 12.8. The fraction of sp³-hybridized carbons (Fsp3) is 0.200. The lowest BCUT2D eigenvalue weighted by Gasteiger charge is -2.06. The minimum Gasteiger partial charge on any atom is -0.496 e. The van der Waals surface area contributed by atoms with Crippen molar-refractivity contribution in [3.05, 3.63) is 45.1 Å². The highest BCUT2D eigenvalue weighted by molar-refractivity contribution is 9.10. The number of hydrogen-bond donors (Lipinski definition) is 2. The van der Waals surface area contributed by atoms with Crippen molar-refractivity contribution < 1.29 is 9.53 Å². The second-order valence-corrected chi connectivity index (χ2v) is 5.89. The van der Waals surface area contributed by atoms with Crippen molar-refractivity contribution in [2.45, 2.75) is 13.8 Å². The summed E-state index contributed by atoms with van der Waals surface area (Å²) in [6.45, 7) is 3.71. The lowest BCUT2D eigenvalue weighted by molar-refractivity contribution is 0.103. The molecule has 0 saturated carbocycles. The molecule has 0 aliphatic heterocycles. The van der Waals surface area contributed by atoms with Gasteiger partial charge in [0.15, 0.2) is 5.78 Å². The third-order valence-corrected chi connectivity index (χ3v) is 4.27. The van der Waals surface area contributed by atoms with Gasteiger partial charge in [0.05, 0.1) is 17.3 Å². The van der Waals surface area contributed by atoms with Crippen LogP contribution in [0, 0.1) is 13.8 Å². The Morgan fingerprint density at radius 3 is 2.70 bits per heavy atom. The lowest BCUT2D eigenvalue weighted by Crippen LogP contribution is -2.04. The number of tetrazole rings is 1. The Hall–Kier alpha value is -2.48. The molecule has 2 aromatic heterocycles. The van der Waals surface area contributed by atoms with Crippen LogP contribution in [0.1, 0.15) is 27.2 Å². The Bertz CT molecular complexity index is 870. The highest BCUT2D eigenvalue weighted by atomic mass is 79.9. The first-order chi connectivity index (χ1) is 11.0. The molecule has 0 aliphatic carbocycles. The first kappa shape index (κ1) is 15.4. The molecule has 8 heteroatoms. The highest BCUT2D eigenvalue weighted by Crippen LogP contribution is 2.30. The molecule has 118 valence electrons. The molecule has 7 nitrogen and oxygen atoms in total. The van der Waals surface area contributed by atoms with Gasteiger partial charge in [0, 0.05) is 16.8 Å². The number of ether oxygens (including phenoxy) is 1. The van der Waals surface area contributed by atoms with Crippen LogP contribution in [0.3, 0.4) is 0 Å². The number of aromatic amines is 2. The molecule has 1 aromatic carbocycles. The summed E-state index contributed by atoms with van der Waals surface area (Å²) in [4.78, 5) is 16.0. The molecule has 3 aromatic rings. The number of nitrogens with zero attached hydrogens (tertiary/aromatic N) is 3. The van der Waals surface area contributed by atoms with E-state index < -0.39 is 0 Å². The van der Waals surface area contributed by atoms with E-state index in [9.17, 15) is 4.79 Å². The van der Waals surface area contributed by atoms with E-state index in [2.05, 4.69) is 41.5 Å². The van der Waals surface area contributed by atoms with Crippen molar-refractivity contribution in [2.75, 3.05) is 7.11 Å². The standard InChI is InChI=1S/C15H14BrN5O2/c1-7-12(8(2)17-13(7)15-18-20-21-19-15)14(22)9-4-5-11(23-3)10(16)6-9/h4-6,17H,1-3H3,(H,18,19,20,21). The van der Waals surface area contributed by atoms with Gasteiger partial charge in [-0.3, -0.25) is 4.79 Å². The monoisotopic (exact) mass is 375 g/mol. The van der Waals surface area contributed by atoms with Crippen LogP contribution < -0.4 is 4.74 Å². The number of rotatable bonds is 4. The number of hydrogen-bond acceptors (Lipinski definition) is 5. The van der Waals surface area contributed by atoms with Crippen molar-refractivity contribution in [1.29, 1.82) is 0 Å². The molecule has 0 radical (unpaired) electrons. The number of halogens is 1. The number of benzene rings is 1. The number of nitrogens with one attached hydrogen (secondary N) is 2. The molecule has 0 aliphatic rings. The van der Waals surface area contributed by atoms with E-state index in [1.165, 1.54) is 0 Å². The largest absolute Gasteiger partial charge is 0.496 e. The van der Waals surface area contributed by atoms with Gasteiger partial charge >= 0.3 is 0 Å². The fourth-order valence-electron chi connectivity index (χ4n) is 2.53. The molecular formula is C15H14BrN5O2. The zero-order valence-corrected chi connectivity index (χ0v) is 14.4. The number of H-pyrrole nitrogens is 2. The predicted octanol–water partition coefficient (Wildman–Crippen LogP) is 2.81. The fourth-order valence-corrected chi connectivity index (χ4v) is 3.07. The average molecular weight is 376 g/mol. The number of aryl methyl sites for hydroxylation is 1. The number of methoxy groups -OCH3 is 1. The van der Waals surface area contributed by atoms with E-state index in [0.717, 1.165) is 15.7 Å². The first-order valence-electron chi connectivity index (χ1n) is 6.84. The van der Waals surface area contributed by atoms with E-state index in [0.29, 0.717) is 28.4 Å². The van der Waals surface area contributed by atoms with Gasteiger partial charge in [-0.1, -0.05) is 0 Å². The maximum absolute atomic E-state index is 12.9. The number of ketones is 1. The number of carbonyl (C=O) groups excluding carboxylic acids is 1. The molecule has 2 N–H and O–H groups in total. The summed E-state index contributed by atoms with van der Waals surface area (Å²) in [5, 5.41) is 13.9. The summed E-state index contributed by atoms with van der Waals surface area (Å²) in [5.74, 6) is 1.03. The van der Waals surface area contributed by atoms with Crippen molar-refractivity contribution in [3.63, 3.8) is 0 Å². The molecule has 0 saturated heterocycles. The van der Waals surface area contributed by atoms with E-state index in [-0.39, 0.29) is 5.78 Å². The quantitative estimate of drug-likeness (QED) is 0.683. The van der Waals surface area contributed by atoms with Gasteiger partial charge in [0.2, 0.25) is 5.82 Å². The second kappa shape index (κ2) is 5.96. The van der Waals surface area contributed by atoms with Crippen molar-refractivity contribution in [3.8, 4) is 17.3 Å². The maximum atomic E-state index is 12.9. The average Bonchev–Trinajstić information content (AvgIpc) is 3.15. The van der Waals surface area contributed by atoms with Crippen molar-refractivity contribution in [2.24, 2.45) is 0 Å². The van der Waals surface area contributed by atoms with Crippen LogP contribution in [0.15, 0.2) is 22.7 Å². The molecule has 3 rings (SSSR count). The molecule has 0 unspecified atom stereocenters. The Balaban J connectivity index is 2.05. The van der Waals surface area contributed by atoms with Crippen molar-refractivity contribution in [1.82, 2.24) is 25.6 Å². The van der Waals surface area contributed by atoms with Gasteiger partial charge in [-0.05, 0) is 58.8 Å². The van der Waals surface area contributed by atoms with E-state index in [1.54, 1.807) is 25.3 Å². The van der Waals surface area contributed by atoms with Crippen LogP contribution >= 0.6 is 15.9 Å². The summed E-state index contributed by atoms with van der Waals surface area (Å²) in [5.41, 5.74) is 3.43. The summed E-state index contributed by atoms with van der Waals surface area (Å²) in [6.07, 6.45) is 0. The SMILES string of the molecule is COc1ccc(C(=O)c2c(C)[nH]c(-c3nn[nH]n3)c2C)cc1Br. The molecule has 0 amide bonds. The Morgan fingerprint density at radius 2 is 2.09 bits per heavy atom. The summed E-state index contributed by atoms with van der Waals surface area (Å²) in [6, 6.07) is 5.25. The summed E-state index contributed by atoms with van der Waals surface area (Å²) < 4.78 is 5.93. The third kappa shape index (κ3) is 2.65. The predicted molar refractivity (Wildman–Crippen MR) is 87.6 cm³/mol. The van der Waals surface area contributed by atoms with E-state index in [1.807, 2.05) is 13.8 Å². The normalized spacial score (nSPS) is 10.8. The summed E-state index contributed by atoms with van der Waals surface area (Å²) >= 11 is 3.40. The molecule has 0 fully saturated rings. The topological polar surface area (TPSA) is 96.5 Å². The lowest BCUT2D eigenvalue weighted by atomic mass is 9.99. The van der Waals surface area contributed by atoms with Gasteiger partial charge in [0.25, 0.3) is 0 Å². The van der Waals surface area contributed by atoms with E-state index >= 15 is 0 Å². The Morgan fingerprint density at radius 1 is 1.30 bits per heavy atom. The minimum absolute atomic E-state index is 0.0747. The van der Waals surface area contributed by atoms with Gasteiger partial charge in [-0.15, -0.1) is 10.2 Å². The van der Waals surface area contributed by atoms with E-state index in [4.69, 9.17) is 4.74 Å². The highest BCUT2D eigenvalue weighted by Gasteiger charge is 2.22. The zero-order chi connectivity index (χ0) is 16.6. The number of aromatic nitrogens is 5. The van der Waals surface area contributed by atoms with Gasteiger partial charge in [-0.25, -0.2) is 0 Å². The maximum Gasteiger partial charge on any atom is 0.221 e. The van der Waals surface area contributed by atoms with Gasteiger partial charge < -0.3 is 9.72 Å². The molecule has 2 heterocycles. The van der Waals surface area contributed by atoms with Crippen LogP contribution in [0.25, 0.3) is 11.5 Å². The van der Waals surface area contributed by atoms with Gasteiger partial charge in [0.1, 0.15) is 5.75 Å². The van der Waals surface area contributed by atoms with Crippen LogP contribution in [0.4, 0.5) is 0 Å². The molecule has 23 heavy (non-hydrogen) atoms. The summed E-state index contributed by atoms with van der Waals surface area (Å²) in [7, 11) is 1.58. The Kier molecular flexibility index (Phi) is 3.99. The third-order valence-electron chi connectivity index (χ3n) is 3.65. The Labute approximate surface area is 140 Å². The number of carbonyl (C=O) groups is 1. The van der Waals surface area contributed by atoms with Crippen molar-refractivity contribution >= 4 is 21.7 Å². The molecule has 0 bridgehead atoms. The molecular weight excluding hydrogens is 362 g/mol. The smallest absolute Gasteiger partial charge is 0.221 e. The first-order valence-corrected chi connectivity index (χ1v) is 7.63. The van der Waals surface area contributed by atoms with Crippen LogP contribution in [-0.2, 0) is 0 Å². The van der Waals surface area contributed by atoms with Gasteiger partial charge in [-0.2, -0.15) is 5.21 Å². The minimum atomic E-state index is -0.0747. The molecule has 0 spiro atoms. The van der Waals surface area contributed by atoms with Crippen LogP contribution in [0.5, 0.6) is 5.75 Å². The molecule has 0 atom stereocenters.